The third kappa shape index (κ3) is 1.92. The van der Waals surface area contributed by atoms with Gasteiger partial charge in [-0.1, -0.05) is 51.1 Å². The van der Waals surface area contributed by atoms with Gasteiger partial charge in [-0.15, -0.1) is 11.3 Å². The fourth-order valence-corrected chi connectivity index (χ4v) is 6.61. The topological polar surface area (TPSA) is 17.1 Å². The molecular formula is C13H13Br3OS. The number of hydrogen-bond acceptors (Lipinski definition) is 2. The average molecular weight is 457 g/mol. The van der Waals surface area contributed by atoms with Crippen molar-refractivity contribution >= 4 is 64.9 Å². The number of fused-ring (bicyclic) bond motifs is 1. The second kappa shape index (κ2) is 4.68. The highest BCUT2D eigenvalue weighted by Crippen LogP contribution is 2.59. The third-order valence-electron chi connectivity index (χ3n) is 4.28. The summed E-state index contributed by atoms with van der Waals surface area (Å²) >= 11 is 12.6. The van der Waals surface area contributed by atoms with Crippen molar-refractivity contribution in [3.05, 3.63) is 20.3 Å². The van der Waals surface area contributed by atoms with Gasteiger partial charge in [0.15, 0.2) is 5.78 Å². The molecule has 0 atom stereocenters. The maximum absolute atomic E-state index is 12.7. The SMILES string of the molecule is O=C1c2cc(Br)sc2CC2(CCCCC2)C1(Br)Br. The average Bonchev–Trinajstić information content (AvgIpc) is 2.69. The molecule has 2 aliphatic carbocycles. The number of thiophene rings is 1. The van der Waals surface area contributed by atoms with Crippen molar-refractivity contribution in [2.24, 2.45) is 5.41 Å². The molecule has 2 aliphatic rings. The third-order valence-corrected chi connectivity index (χ3v) is 8.32. The lowest BCUT2D eigenvalue weighted by molar-refractivity contribution is 0.0826. The van der Waals surface area contributed by atoms with Gasteiger partial charge in [-0.2, -0.15) is 0 Å². The van der Waals surface area contributed by atoms with Crippen molar-refractivity contribution in [1.82, 2.24) is 0 Å². The van der Waals surface area contributed by atoms with Gasteiger partial charge >= 0.3 is 0 Å². The second-order valence-corrected chi connectivity index (χ2v) is 11.3. The first-order chi connectivity index (χ1) is 8.46. The first kappa shape index (κ1) is 13.8. The van der Waals surface area contributed by atoms with Gasteiger partial charge in [-0.3, -0.25) is 4.79 Å². The molecule has 0 amide bonds. The van der Waals surface area contributed by atoms with Gasteiger partial charge < -0.3 is 0 Å². The van der Waals surface area contributed by atoms with E-state index in [0.717, 1.165) is 28.6 Å². The van der Waals surface area contributed by atoms with Crippen molar-refractivity contribution < 1.29 is 4.79 Å². The minimum atomic E-state index is -0.569. The Morgan fingerprint density at radius 1 is 1.17 bits per heavy atom. The molecule has 0 N–H and O–H groups in total. The van der Waals surface area contributed by atoms with Gasteiger partial charge in [0.25, 0.3) is 0 Å². The Bertz CT molecular complexity index is 500. The standard InChI is InChI=1S/C13H13Br3OS/c14-10-6-8-9(18-10)7-12(4-2-1-3-5-12)13(15,16)11(8)17/h6H,1-5,7H2. The van der Waals surface area contributed by atoms with Crippen LogP contribution in [0.2, 0.25) is 0 Å². The fourth-order valence-electron chi connectivity index (χ4n) is 3.27. The normalized spacial score (nSPS) is 25.2. The number of carbonyl (C=O) groups is 1. The molecule has 3 rings (SSSR count). The van der Waals surface area contributed by atoms with Crippen LogP contribution in [0.25, 0.3) is 0 Å². The van der Waals surface area contributed by atoms with Crippen LogP contribution in [0.15, 0.2) is 9.85 Å². The summed E-state index contributed by atoms with van der Waals surface area (Å²) < 4.78 is 0.491. The lowest BCUT2D eigenvalue weighted by Crippen LogP contribution is -2.50. The maximum atomic E-state index is 12.7. The summed E-state index contributed by atoms with van der Waals surface area (Å²) in [7, 11) is 0. The summed E-state index contributed by atoms with van der Waals surface area (Å²) in [6, 6.07) is 1.97. The molecule has 0 aromatic carbocycles. The molecule has 1 aromatic rings. The Morgan fingerprint density at radius 2 is 1.83 bits per heavy atom. The number of rotatable bonds is 0. The Hall–Kier alpha value is 0.810. The van der Waals surface area contributed by atoms with Crippen molar-refractivity contribution in [1.29, 1.82) is 0 Å². The van der Waals surface area contributed by atoms with Gasteiger partial charge in [0.2, 0.25) is 0 Å². The highest BCUT2D eigenvalue weighted by atomic mass is 79.9. The van der Waals surface area contributed by atoms with Crippen molar-refractivity contribution in [3.8, 4) is 0 Å². The Labute approximate surface area is 136 Å². The predicted molar refractivity (Wildman–Crippen MR) is 86.2 cm³/mol. The van der Waals surface area contributed by atoms with Crippen LogP contribution >= 0.6 is 59.1 Å². The van der Waals surface area contributed by atoms with Gasteiger partial charge in [0, 0.05) is 15.9 Å². The zero-order valence-electron chi connectivity index (χ0n) is 9.77. The van der Waals surface area contributed by atoms with E-state index in [4.69, 9.17) is 0 Å². The van der Waals surface area contributed by atoms with Crippen molar-refractivity contribution in [2.75, 3.05) is 0 Å². The molecule has 1 aromatic heterocycles. The van der Waals surface area contributed by atoms with Crippen LogP contribution < -0.4 is 0 Å². The van der Waals surface area contributed by atoms with E-state index < -0.39 is 3.23 Å². The Kier molecular flexibility index (Phi) is 3.58. The number of Topliss-reactive ketones (excluding diaryl/α,β-unsaturated/α-hetero) is 1. The molecule has 0 saturated heterocycles. The number of alkyl halides is 2. The van der Waals surface area contributed by atoms with E-state index >= 15 is 0 Å². The number of ketones is 1. The van der Waals surface area contributed by atoms with Gasteiger partial charge in [0.1, 0.15) is 3.23 Å². The highest BCUT2D eigenvalue weighted by molar-refractivity contribution is 9.26. The Morgan fingerprint density at radius 3 is 2.50 bits per heavy atom. The largest absolute Gasteiger partial charge is 0.292 e. The first-order valence-corrected chi connectivity index (χ1v) is 9.37. The van der Waals surface area contributed by atoms with Crippen LogP contribution in [0.4, 0.5) is 0 Å². The molecule has 1 nitrogen and oxygen atoms in total. The fraction of sp³-hybridized carbons (Fsp3) is 0.615. The first-order valence-electron chi connectivity index (χ1n) is 6.17. The van der Waals surface area contributed by atoms with E-state index in [-0.39, 0.29) is 11.2 Å². The minimum absolute atomic E-state index is 0.0552. The summed E-state index contributed by atoms with van der Waals surface area (Å²) in [5, 5.41) is 0. The molecule has 98 valence electrons. The number of hydrogen-bond donors (Lipinski definition) is 0. The van der Waals surface area contributed by atoms with E-state index in [0.29, 0.717) is 0 Å². The van der Waals surface area contributed by atoms with E-state index in [1.807, 2.05) is 6.07 Å². The number of halogens is 3. The molecular weight excluding hydrogens is 444 g/mol. The van der Waals surface area contributed by atoms with E-state index in [1.165, 1.54) is 24.1 Å². The molecule has 0 unspecified atom stereocenters. The Balaban J connectivity index is 2.10. The molecule has 1 heterocycles. The predicted octanol–water partition coefficient (Wildman–Crippen LogP) is 5.69. The molecule has 1 fully saturated rings. The highest BCUT2D eigenvalue weighted by Gasteiger charge is 2.57. The monoisotopic (exact) mass is 454 g/mol. The van der Waals surface area contributed by atoms with Gasteiger partial charge in [-0.05, 0) is 41.3 Å². The van der Waals surface area contributed by atoms with E-state index in [2.05, 4.69) is 47.8 Å². The zero-order chi connectivity index (χ0) is 13.0. The van der Waals surface area contributed by atoms with Gasteiger partial charge in [-0.25, -0.2) is 0 Å². The van der Waals surface area contributed by atoms with Crippen LogP contribution in [0, 0.1) is 5.41 Å². The second-order valence-electron chi connectivity index (χ2n) is 5.31. The summed E-state index contributed by atoms with van der Waals surface area (Å²) in [5.41, 5.74) is 0.941. The summed E-state index contributed by atoms with van der Waals surface area (Å²) in [4.78, 5) is 14.0. The molecule has 18 heavy (non-hydrogen) atoms. The van der Waals surface area contributed by atoms with Crippen LogP contribution in [-0.2, 0) is 6.42 Å². The smallest absolute Gasteiger partial charge is 0.191 e. The molecule has 0 bridgehead atoms. The summed E-state index contributed by atoms with van der Waals surface area (Å²) in [6.07, 6.45) is 7.03. The van der Waals surface area contributed by atoms with E-state index in [9.17, 15) is 4.79 Å². The molecule has 0 aliphatic heterocycles. The van der Waals surface area contributed by atoms with Gasteiger partial charge in [0.05, 0.1) is 3.79 Å². The number of carbonyl (C=O) groups excluding carboxylic acids is 1. The van der Waals surface area contributed by atoms with Crippen LogP contribution in [0.3, 0.4) is 0 Å². The minimum Gasteiger partial charge on any atom is -0.292 e. The van der Waals surface area contributed by atoms with Crippen LogP contribution in [0.1, 0.15) is 47.3 Å². The molecule has 1 saturated carbocycles. The molecule has 0 radical (unpaired) electrons. The summed E-state index contributed by atoms with van der Waals surface area (Å²) in [5.74, 6) is 0.201. The quantitative estimate of drug-likeness (QED) is 0.458. The van der Waals surface area contributed by atoms with Crippen molar-refractivity contribution in [3.63, 3.8) is 0 Å². The van der Waals surface area contributed by atoms with E-state index in [1.54, 1.807) is 11.3 Å². The maximum Gasteiger partial charge on any atom is 0.191 e. The van der Waals surface area contributed by atoms with Crippen molar-refractivity contribution in [2.45, 2.75) is 41.8 Å². The lowest BCUT2D eigenvalue weighted by Gasteiger charge is -2.48. The molecule has 1 spiro atoms. The lowest BCUT2D eigenvalue weighted by atomic mass is 9.65. The van der Waals surface area contributed by atoms with Crippen LogP contribution in [0.5, 0.6) is 0 Å². The molecule has 5 heteroatoms. The van der Waals surface area contributed by atoms with Crippen LogP contribution in [-0.4, -0.2) is 9.02 Å². The zero-order valence-corrected chi connectivity index (χ0v) is 15.3. The summed E-state index contributed by atoms with van der Waals surface area (Å²) in [6.45, 7) is 0.